The Morgan fingerprint density at radius 2 is 1.85 bits per heavy atom. The van der Waals surface area contributed by atoms with Crippen LogP contribution in [0.2, 0.25) is 0 Å². The second kappa shape index (κ2) is 7.37. The molecule has 3 unspecified atom stereocenters. The molecule has 0 heterocycles. The van der Waals surface area contributed by atoms with Crippen LogP contribution in [0.1, 0.15) is 56.7 Å². The first-order valence-corrected chi connectivity index (χ1v) is 9.10. The van der Waals surface area contributed by atoms with E-state index in [4.69, 9.17) is 0 Å². The predicted octanol–water partition coefficient (Wildman–Crippen LogP) is 3.73. The van der Waals surface area contributed by atoms with Gasteiger partial charge in [0.05, 0.1) is 5.25 Å². The molecule has 0 aliphatic heterocycles. The molecular weight excluding hydrogens is 266 g/mol. The number of hydrogen-bond acceptors (Lipinski definition) is 2. The lowest BCUT2D eigenvalue weighted by molar-refractivity contribution is 0.532. The van der Waals surface area contributed by atoms with Crippen molar-refractivity contribution in [2.45, 2.75) is 63.0 Å². The quantitative estimate of drug-likeness (QED) is 0.866. The van der Waals surface area contributed by atoms with Crippen molar-refractivity contribution in [1.29, 1.82) is 0 Å². The van der Waals surface area contributed by atoms with Crippen LogP contribution in [-0.4, -0.2) is 21.3 Å². The summed E-state index contributed by atoms with van der Waals surface area (Å²) in [5.74, 6) is 0. The van der Waals surface area contributed by atoms with Gasteiger partial charge in [0.1, 0.15) is 0 Å². The van der Waals surface area contributed by atoms with E-state index in [9.17, 15) is 4.21 Å². The highest BCUT2D eigenvalue weighted by Crippen LogP contribution is 2.29. The van der Waals surface area contributed by atoms with Crippen molar-refractivity contribution in [2.75, 3.05) is 6.54 Å². The SMILES string of the molecule is CCNC(c1ccc(C)cc1)C(C)S(=O)C1CCCC1. The second-order valence-electron chi connectivity index (χ2n) is 5.89. The Morgan fingerprint density at radius 1 is 1.25 bits per heavy atom. The Labute approximate surface area is 125 Å². The third-order valence-corrected chi connectivity index (χ3v) is 6.46. The molecule has 0 aromatic heterocycles. The largest absolute Gasteiger partial charge is 0.309 e. The van der Waals surface area contributed by atoms with Crippen LogP contribution in [0.3, 0.4) is 0 Å². The fourth-order valence-corrected chi connectivity index (χ4v) is 5.03. The van der Waals surface area contributed by atoms with Gasteiger partial charge in [0.2, 0.25) is 0 Å². The third kappa shape index (κ3) is 3.70. The van der Waals surface area contributed by atoms with Gasteiger partial charge >= 0.3 is 0 Å². The summed E-state index contributed by atoms with van der Waals surface area (Å²) in [6, 6.07) is 8.83. The maximum absolute atomic E-state index is 12.8. The van der Waals surface area contributed by atoms with E-state index in [-0.39, 0.29) is 11.3 Å². The van der Waals surface area contributed by atoms with Gasteiger partial charge in [-0.15, -0.1) is 0 Å². The maximum atomic E-state index is 12.8. The average Bonchev–Trinajstić information content (AvgIpc) is 2.98. The molecule has 1 saturated carbocycles. The lowest BCUT2D eigenvalue weighted by atomic mass is 10.0. The normalized spacial score (nSPS) is 20.8. The van der Waals surface area contributed by atoms with Gasteiger partial charge in [0.15, 0.2) is 0 Å². The molecule has 2 rings (SSSR count). The summed E-state index contributed by atoms with van der Waals surface area (Å²) in [4.78, 5) is 0. The molecular formula is C17H27NOS. The highest BCUT2D eigenvalue weighted by Gasteiger charge is 2.30. The molecule has 0 saturated heterocycles. The van der Waals surface area contributed by atoms with Crippen molar-refractivity contribution >= 4 is 10.8 Å². The van der Waals surface area contributed by atoms with Gasteiger partial charge in [-0.1, -0.05) is 49.6 Å². The molecule has 112 valence electrons. The zero-order valence-corrected chi connectivity index (χ0v) is 13.7. The van der Waals surface area contributed by atoms with Crippen LogP contribution < -0.4 is 5.32 Å². The molecule has 1 aliphatic carbocycles. The molecule has 0 bridgehead atoms. The van der Waals surface area contributed by atoms with Gasteiger partial charge in [0.25, 0.3) is 0 Å². The van der Waals surface area contributed by atoms with Crippen LogP contribution in [0.15, 0.2) is 24.3 Å². The number of rotatable bonds is 6. The number of benzene rings is 1. The van der Waals surface area contributed by atoms with Crippen molar-refractivity contribution < 1.29 is 4.21 Å². The predicted molar refractivity (Wildman–Crippen MR) is 87.5 cm³/mol. The third-order valence-electron chi connectivity index (χ3n) is 4.33. The molecule has 0 amide bonds. The Kier molecular flexibility index (Phi) is 5.79. The van der Waals surface area contributed by atoms with E-state index in [1.54, 1.807) is 0 Å². The highest BCUT2D eigenvalue weighted by molar-refractivity contribution is 7.86. The fraction of sp³-hybridized carbons (Fsp3) is 0.647. The maximum Gasteiger partial charge on any atom is 0.0517 e. The van der Waals surface area contributed by atoms with Gasteiger partial charge in [0, 0.05) is 22.1 Å². The molecule has 1 aliphatic rings. The molecule has 2 nitrogen and oxygen atoms in total. The molecule has 1 aromatic carbocycles. The molecule has 3 heteroatoms. The van der Waals surface area contributed by atoms with Crippen LogP contribution in [-0.2, 0) is 10.8 Å². The summed E-state index contributed by atoms with van der Waals surface area (Å²) in [5, 5.41) is 4.11. The van der Waals surface area contributed by atoms with Gasteiger partial charge in [-0.05, 0) is 38.8 Å². The molecule has 0 spiro atoms. The standard InChI is InChI=1S/C17H27NOS/c1-4-18-17(15-11-9-13(2)10-12-15)14(3)20(19)16-7-5-6-8-16/h9-12,14,16-18H,4-8H2,1-3H3. The Hall–Kier alpha value is -0.670. The summed E-state index contributed by atoms with van der Waals surface area (Å²) >= 11 is 0. The van der Waals surface area contributed by atoms with E-state index in [1.165, 1.54) is 24.0 Å². The molecule has 20 heavy (non-hydrogen) atoms. The van der Waals surface area contributed by atoms with Crippen molar-refractivity contribution in [2.24, 2.45) is 0 Å². The van der Waals surface area contributed by atoms with Crippen LogP contribution in [0.5, 0.6) is 0 Å². The average molecular weight is 293 g/mol. The zero-order valence-electron chi connectivity index (χ0n) is 12.9. The minimum Gasteiger partial charge on any atom is -0.309 e. The summed E-state index contributed by atoms with van der Waals surface area (Å²) in [6.45, 7) is 7.27. The molecule has 3 atom stereocenters. The minimum atomic E-state index is -0.740. The molecule has 1 N–H and O–H groups in total. The van der Waals surface area contributed by atoms with E-state index >= 15 is 0 Å². The molecule has 0 radical (unpaired) electrons. The van der Waals surface area contributed by atoms with E-state index in [2.05, 4.69) is 50.4 Å². The van der Waals surface area contributed by atoms with E-state index < -0.39 is 10.8 Å². The summed E-state index contributed by atoms with van der Waals surface area (Å²) in [7, 11) is -0.740. The summed E-state index contributed by atoms with van der Waals surface area (Å²) in [5.41, 5.74) is 2.53. The fourth-order valence-electron chi connectivity index (χ4n) is 3.11. The van der Waals surface area contributed by atoms with Crippen molar-refractivity contribution in [3.8, 4) is 0 Å². The van der Waals surface area contributed by atoms with Gasteiger partial charge in [-0.3, -0.25) is 4.21 Å². The van der Waals surface area contributed by atoms with Gasteiger partial charge in [-0.2, -0.15) is 0 Å². The Bertz CT molecular complexity index is 437. The molecule has 1 fully saturated rings. The minimum absolute atomic E-state index is 0.167. The van der Waals surface area contributed by atoms with Gasteiger partial charge < -0.3 is 5.32 Å². The summed E-state index contributed by atoms with van der Waals surface area (Å²) in [6.07, 6.45) is 4.78. The van der Waals surface area contributed by atoms with E-state index in [0.29, 0.717) is 5.25 Å². The highest BCUT2D eigenvalue weighted by atomic mass is 32.2. The lowest BCUT2D eigenvalue weighted by Gasteiger charge is -2.27. The first-order valence-electron chi connectivity index (χ1n) is 7.82. The van der Waals surface area contributed by atoms with Crippen LogP contribution in [0, 0.1) is 6.92 Å². The number of nitrogens with one attached hydrogen (secondary N) is 1. The number of hydrogen-bond donors (Lipinski definition) is 1. The monoisotopic (exact) mass is 293 g/mol. The first-order chi connectivity index (χ1) is 9.63. The molecule has 1 aromatic rings. The van der Waals surface area contributed by atoms with Crippen molar-refractivity contribution in [1.82, 2.24) is 5.32 Å². The van der Waals surface area contributed by atoms with E-state index in [1.807, 2.05) is 0 Å². The summed E-state index contributed by atoms with van der Waals surface area (Å²) < 4.78 is 12.8. The van der Waals surface area contributed by atoms with Crippen LogP contribution in [0.25, 0.3) is 0 Å². The Balaban J connectivity index is 2.14. The Morgan fingerprint density at radius 3 is 2.40 bits per heavy atom. The lowest BCUT2D eigenvalue weighted by Crippen LogP contribution is -2.36. The number of aryl methyl sites for hydroxylation is 1. The zero-order chi connectivity index (χ0) is 14.5. The van der Waals surface area contributed by atoms with Gasteiger partial charge in [-0.25, -0.2) is 0 Å². The smallest absolute Gasteiger partial charge is 0.0517 e. The van der Waals surface area contributed by atoms with Crippen molar-refractivity contribution in [3.63, 3.8) is 0 Å². The second-order valence-corrected chi connectivity index (χ2v) is 7.95. The van der Waals surface area contributed by atoms with Crippen LogP contribution >= 0.6 is 0 Å². The van der Waals surface area contributed by atoms with Crippen molar-refractivity contribution in [3.05, 3.63) is 35.4 Å². The topological polar surface area (TPSA) is 29.1 Å². The first kappa shape index (κ1) is 15.7. The van der Waals surface area contributed by atoms with E-state index in [0.717, 1.165) is 19.4 Å². The van der Waals surface area contributed by atoms with Crippen LogP contribution in [0.4, 0.5) is 0 Å².